The van der Waals surface area contributed by atoms with Crippen molar-refractivity contribution in [3.05, 3.63) is 0 Å². The number of halogens is 3. The first-order valence-corrected chi connectivity index (χ1v) is 6.58. The third-order valence-electron chi connectivity index (χ3n) is 5.45. The Morgan fingerprint density at radius 3 is 1.65 bits per heavy atom. The van der Waals surface area contributed by atoms with Crippen LogP contribution in [-0.2, 0) is 0 Å². The van der Waals surface area contributed by atoms with Gasteiger partial charge in [0.05, 0.1) is 0 Å². The van der Waals surface area contributed by atoms with Crippen LogP contribution in [0.15, 0.2) is 0 Å². The molecule has 4 aliphatic carbocycles. The van der Waals surface area contributed by atoms with Crippen molar-refractivity contribution in [2.45, 2.75) is 50.8 Å². The largest absolute Gasteiger partial charge is 0.417 e. The number of alkyl halides is 3. The van der Waals surface area contributed by atoms with Crippen molar-refractivity contribution in [3.8, 4) is 0 Å². The van der Waals surface area contributed by atoms with Crippen LogP contribution < -0.4 is 0 Å². The van der Waals surface area contributed by atoms with E-state index in [1.807, 2.05) is 0 Å². The second-order valence-corrected chi connectivity index (χ2v) is 6.60. The zero-order chi connectivity index (χ0) is 12.4. The molecule has 4 rings (SSSR count). The summed E-state index contributed by atoms with van der Waals surface area (Å²) in [5, 5.41) is 9.96. The molecule has 0 radical (unpaired) electrons. The fourth-order valence-corrected chi connectivity index (χ4v) is 5.03. The summed E-state index contributed by atoms with van der Waals surface area (Å²) < 4.78 is 39.0. The van der Waals surface area contributed by atoms with Gasteiger partial charge in [-0.2, -0.15) is 13.2 Å². The maximum Gasteiger partial charge on any atom is 0.417 e. The minimum absolute atomic E-state index is 0.0999. The van der Waals surface area contributed by atoms with Crippen molar-refractivity contribution in [1.82, 2.24) is 0 Å². The SMILES string of the molecule is CC(O)(C1C2CC3CC(C2)CC1C3)C(F)(F)F. The lowest BCUT2D eigenvalue weighted by molar-refractivity contribution is -0.297. The maximum absolute atomic E-state index is 13.0. The van der Waals surface area contributed by atoms with Gasteiger partial charge in [0, 0.05) is 5.92 Å². The fraction of sp³-hybridized carbons (Fsp3) is 1.00. The molecule has 0 amide bonds. The van der Waals surface area contributed by atoms with E-state index in [9.17, 15) is 18.3 Å². The summed E-state index contributed by atoms with van der Waals surface area (Å²) in [6.07, 6.45) is 0.350. The molecule has 4 saturated carbocycles. The van der Waals surface area contributed by atoms with Gasteiger partial charge in [0.25, 0.3) is 0 Å². The Balaban J connectivity index is 1.89. The second-order valence-electron chi connectivity index (χ2n) is 6.60. The van der Waals surface area contributed by atoms with Crippen LogP contribution in [-0.4, -0.2) is 16.9 Å². The molecule has 0 aromatic carbocycles. The zero-order valence-corrected chi connectivity index (χ0v) is 10.0. The van der Waals surface area contributed by atoms with Crippen LogP contribution in [0.25, 0.3) is 0 Å². The molecular formula is C13H19F3O. The number of rotatable bonds is 1. The normalized spacial score (nSPS) is 48.2. The van der Waals surface area contributed by atoms with E-state index in [2.05, 4.69) is 0 Å². The highest BCUT2D eigenvalue weighted by molar-refractivity contribution is 5.05. The number of hydrogen-bond donors (Lipinski definition) is 1. The minimum atomic E-state index is -4.49. The van der Waals surface area contributed by atoms with Crippen LogP contribution in [0.1, 0.15) is 39.0 Å². The topological polar surface area (TPSA) is 20.2 Å². The third-order valence-corrected chi connectivity index (χ3v) is 5.45. The molecule has 17 heavy (non-hydrogen) atoms. The molecule has 4 aliphatic rings. The summed E-state index contributed by atoms with van der Waals surface area (Å²) in [7, 11) is 0. The van der Waals surface area contributed by atoms with Gasteiger partial charge < -0.3 is 5.11 Å². The molecular weight excluding hydrogens is 229 g/mol. The molecule has 0 heterocycles. The van der Waals surface area contributed by atoms with Gasteiger partial charge >= 0.3 is 6.18 Å². The average molecular weight is 248 g/mol. The summed E-state index contributed by atoms with van der Waals surface area (Å²) in [6.45, 7) is 0.986. The molecule has 0 aliphatic heterocycles. The van der Waals surface area contributed by atoms with Crippen molar-refractivity contribution >= 4 is 0 Å². The van der Waals surface area contributed by atoms with Gasteiger partial charge in [0.2, 0.25) is 0 Å². The predicted molar refractivity (Wildman–Crippen MR) is 57.2 cm³/mol. The summed E-state index contributed by atoms with van der Waals surface area (Å²) in [5.74, 6) is 0.914. The second kappa shape index (κ2) is 3.40. The van der Waals surface area contributed by atoms with Crippen molar-refractivity contribution in [2.24, 2.45) is 29.6 Å². The Labute approximate surface area is 99.4 Å². The molecule has 4 fully saturated rings. The van der Waals surface area contributed by atoms with E-state index < -0.39 is 17.7 Å². The van der Waals surface area contributed by atoms with Crippen LogP contribution >= 0.6 is 0 Å². The molecule has 98 valence electrons. The summed E-state index contributed by atoms with van der Waals surface area (Å²) >= 11 is 0. The Morgan fingerprint density at radius 2 is 1.29 bits per heavy atom. The van der Waals surface area contributed by atoms with Crippen LogP contribution in [0.4, 0.5) is 13.2 Å². The van der Waals surface area contributed by atoms with Gasteiger partial charge in [0.1, 0.15) is 0 Å². The molecule has 4 heteroatoms. The highest BCUT2D eigenvalue weighted by atomic mass is 19.4. The molecule has 0 aromatic heterocycles. The summed E-state index contributed by atoms with van der Waals surface area (Å²) in [4.78, 5) is 0. The van der Waals surface area contributed by atoms with Gasteiger partial charge in [-0.25, -0.2) is 0 Å². The molecule has 1 unspecified atom stereocenters. The van der Waals surface area contributed by atoms with Crippen LogP contribution in [0.2, 0.25) is 0 Å². The van der Waals surface area contributed by atoms with Gasteiger partial charge in [-0.3, -0.25) is 0 Å². The van der Waals surface area contributed by atoms with Crippen LogP contribution in [0.5, 0.6) is 0 Å². The van der Waals surface area contributed by atoms with Crippen LogP contribution in [0.3, 0.4) is 0 Å². The molecule has 0 spiro atoms. The van der Waals surface area contributed by atoms with E-state index in [0.717, 1.165) is 32.6 Å². The average Bonchev–Trinajstić information content (AvgIpc) is 2.12. The standard InChI is InChI=1S/C13H19F3O/c1-12(17,13(14,15)16)11-9-3-7-2-8(5-9)6-10(11)4-7/h7-11,17H,2-6H2,1H3. The monoisotopic (exact) mass is 248 g/mol. The highest BCUT2D eigenvalue weighted by Crippen LogP contribution is 2.60. The van der Waals surface area contributed by atoms with E-state index >= 15 is 0 Å². The predicted octanol–water partition coefficient (Wildman–Crippen LogP) is 3.37. The zero-order valence-electron chi connectivity index (χ0n) is 10.0. The number of aliphatic hydroxyl groups is 1. The van der Waals surface area contributed by atoms with Crippen molar-refractivity contribution in [2.75, 3.05) is 0 Å². The van der Waals surface area contributed by atoms with E-state index in [1.165, 1.54) is 6.42 Å². The van der Waals surface area contributed by atoms with Gasteiger partial charge in [-0.1, -0.05) is 0 Å². The molecule has 4 bridgehead atoms. The van der Waals surface area contributed by atoms with Crippen molar-refractivity contribution in [3.63, 3.8) is 0 Å². The fourth-order valence-electron chi connectivity index (χ4n) is 5.03. The molecule has 1 nitrogen and oxygen atoms in total. The van der Waals surface area contributed by atoms with E-state index in [1.54, 1.807) is 0 Å². The Morgan fingerprint density at radius 1 is 0.882 bits per heavy atom. The molecule has 0 aromatic rings. The first-order chi connectivity index (χ1) is 7.79. The lowest BCUT2D eigenvalue weighted by atomic mass is 9.49. The lowest BCUT2D eigenvalue weighted by Crippen LogP contribution is -2.59. The summed E-state index contributed by atoms with van der Waals surface area (Å²) in [5.41, 5.74) is -2.49. The lowest BCUT2D eigenvalue weighted by Gasteiger charge is -2.58. The highest BCUT2D eigenvalue weighted by Gasteiger charge is 2.62. The van der Waals surface area contributed by atoms with Crippen molar-refractivity contribution in [1.29, 1.82) is 0 Å². The molecule has 0 saturated heterocycles. The Bertz CT molecular complexity index is 293. The van der Waals surface area contributed by atoms with Gasteiger partial charge in [-0.15, -0.1) is 0 Å². The smallest absolute Gasteiger partial charge is 0.380 e. The van der Waals surface area contributed by atoms with Gasteiger partial charge in [0.15, 0.2) is 5.60 Å². The van der Waals surface area contributed by atoms with E-state index in [-0.39, 0.29) is 11.8 Å². The first kappa shape index (κ1) is 11.8. The van der Waals surface area contributed by atoms with E-state index in [0.29, 0.717) is 11.8 Å². The van der Waals surface area contributed by atoms with Crippen LogP contribution in [0, 0.1) is 29.6 Å². The molecule has 1 atom stereocenters. The third kappa shape index (κ3) is 1.63. The quantitative estimate of drug-likeness (QED) is 0.754. The summed E-state index contributed by atoms with van der Waals surface area (Å²) in [6, 6.07) is 0. The number of hydrogen-bond acceptors (Lipinski definition) is 1. The van der Waals surface area contributed by atoms with Crippen molar-refractivity contribution < 1.29 is 18.3 Å². The Hall–Kier alpha value is -0.250. The minimum Gasteiger partial charge on any atom is -0.380 e. The first-order valence-electron chi connectivity index (χ1n) is 6.58. The molecule has 1 N–H and O–H groups in total. The van der Waals surface area contributed by atoms with Gasteiger partial charge in [-0.05, 0) is 62.7 Å². The maximum atomic E-state index is 13.0. The van der Waals surface area contributed by atoms with E-state index in [4.69, 9.17) is 0 Å². The Kier molecular flexibility index (Phi) is 2.36.